The van der Waals surface area contributed by atoms with Crippen LogP contribution in [0.5, 0.6) is 0 Å². The minimum absolute atomic E-state index is 0.165. The summed E-state index contributed by atoms with van der Waals surface area (Å²) in [5.41, 5.74) is 0. The summed E-state index contributed by atoms with van der Waals surface area (Å²) in [6.45, 7) is 7.70. The minimum atomic E-state index is -0.165. The highest BCUT2D eigenvalue weighted by atomic mass is 16.3. The SMILES string of the molecule is CCC(CC)C(O)CNC1CCN2CCCC2C1. The Labute approximate surface area is 112 Å². The van der Waals surface area contributed by atoms with Crippen LogP contribution >= 0.6 is 0 Å². The van der Waals surface area contributed by atoms with E-state index in [1.54, 1.807) is 0 Å². The van der Waals surface area contributed by atoms with Crippen LogP contribution in [-0.4, -0.2) is 47.8 Å². The molecule has 2 rings (SSSR count). The minimum Gasteiger partial charge on any atom is -0.392 e. The molecule has 18 heavy (non-hydrogen) atoms. The summed E-state index contributed by atoms with van der Waals surface area (Å²) in [7, 11) is 0. The van der Waals surface area contributed by atoms with E-state index in [1.807, 2.05) is 0 Å². The smallest absolute Gasteiger partial charge is 0.0692 e. The van der Waals surface area contributed by atoms with Gasteiger partial charge in [-0.25, -0.2) is 0 Å². The molecule has 3 atom stereocenters. The van der Waals surface area contributed by atoms with Gasteiger partial charge in [-0.3, -0.25) is 0 Å². The van der Waals surface area contributed by atoms with Crippen molar-refractivity contribution >= 4 is 0 Å². The predicted octanol–water partition coefficient (Wildman–Crippen LogP) is 2.00. The molecule has 2 heterocycles. The van der Waals surface area contributed by atoms with Gasteiger partial charge in [-0.05, 0) is 44.7 Å². The molecule has 3 heteroatoms. The molecule has 0 spiro atoms. The van der Waals surface area contributed by atoms with Crippen LogP contribution in [0.2, 0.25) is 0 Å². The lowest BCUT2D eigenvalue weighted by Crippen LogP contribution is -2.48. The number of nitrogens with one attached hydrogen (secondary N) is 1. The molecular weight excluding hydrogens is 224 g/mol. The average molecular weight is 254 g/mol. The lowest BCUT2D eigenvalue weighted by molar-refractivity contribution is 0.0898. The monoisotopic (exact) mass is 254 g/mol. The highest BCUT2D eigenvalue weighted by molar-refractivity contribution is 4.89. The fourth-order valence-electron chi connectivity index (χ4n) is 3.70. The average Bonchev–Trinajstić information content (AvgIpc) is 2.85. The Kier molecular flexibility index (Phi) is 5.46. The summed E-state index contributed by atoms with van der Waals surface area (Å²) in [4.78, 5) is 2.65. The largest absolute Gasteiger partial charge is 0.392 e. The quantitative estimate of drug-likeness (QED) is 0.761. The van der Waals surface area contributed by atoms with Gasteiger partial charge in [0.25, 0.3) is 0 Å². The molecule has 106 valence electrons. The van der Waals surface area contributed by atoms with Gasteiger partial charge in [-0.1, -0.05) is 26.7 Å². The molecule has 0 aromatic rings. The van der Waals surface area contributed by atoms with Crippen LogP contribution in [-0.2, 0) is 0 Å². The number of piperidine rings is 1. The van der Waals surface area contributed by atoms with E-state index < -0.39 is 0 Å². The predicted molar refractivity (Wildman–Crippen MR) is 75.7 cm³/mol. The van der Waals surface area contributed by atoms with Crippen LogP contribution in [0.3, 0.4) is 0 Å². The zero-order valence-corrected chi connectivity index (χ0v) is 12.1. The van der Waals surface area contributed by atoms with Gasteiger partial charge in [0.2, 0.25) is 0 Å². The lowest BCUT2D eigenvalue weighted by Gasteiger charge is -2.36. The molecule has 0 bridgehead atoms. The molecule has 2 aliphatic heterocycles. The Morgan fingerprint density at radius 1 is 1.22 bits per heavy atom. The summed E-state index contributed by atoms with van der Waals surface area (Å²) in [5.74, 6) is 0.462. The number of nitrogens with zero attached hydrogens (tertiary/aromatic N) is 1. The van der Waals surface area contributed by atoms with Gasteiger partial charge in [-0.15, -0.1) is 0 Å². The first-order valence-corrected chi connectivity index (χ1v) is 7.90. The Morgan fingerprint density at radius 2 is 2.00 bits per heavy atom. The van der Waals surface area contributed by atoms with Crippen LogP contribution in [0.15, 0.2) is 0 Å². The second kappa shape index (κ2) is 6.88. The molecule has 0 amide bonds. The van der Waals surface area contributed by atoms with Crippen LogP contribution in [0.1, 0.15) is 52.4 Å². The first-order chi connectivity index (χ1) is 8.74. The summed E-state index contributed by atoms with van der Waals surface area (Å²) in [5, 5.41) is 13.8. The van der Waals surface area contributed by atoms with Gasteiger partial charge in [0.15, 0.2) is 0 Å². The van der Waals surface area contributed by atoms with Crippen molar-refractivity contribution < 1.29 is 5.11 Å². The fourth-order valence-corrected chi connectivity index (χ4v) is 3.70. The van der Waals surface area contributed by atoms with Gasteiger partial charge in [0.1, 0.15) is 0 Å². The number of rotatable bonds is 6. The summed E-state index contributed by atoms with van der Waals surface area (Å²) in [6.07, 6.45) is 7.31. The van der Waals surface area contributed by atoms with E-state index in [4.69, 9.17) is 0 Å². The molecule has 0 radical (unpaired) electrons. The summed E-state index contributed by atoms with van der Waals surface area (Å²) >= 11 is 0. The van der Waals surface area contributed by atoms with Crippen molar-refractivity contribution in [2.24, 2.45) is 5.92 Å². The molecular formula is C15H30N2O. The lowest BCUT2D eigenvalue weighted by atomic mass is 9.94. The molecule has 0 aromatic heterocycles. The molecule has 2 aliphatic rings. The van der Waals surface area contributed by atoms with Crippen molar-refractivity contribution in [1.82, 2.24) is 10.2 Å². The van der Waals surface area contributed by atoms with Crippen molar-refractivity contribution in [2.45, 2.75) is 70.6 Å². The van der Waals surface area contributed by atoms with Crippen molar-refractivity contribution in [3.63, 3.8) is 0 Å². The highest BCUT2D eigenvalue weighted by Crippen LogP contribution is 2.26. The molecule has 0 saturated carbocycles. The van der Waals surface area contributed by atoms with E-state index in [2.05, 4.69) is 24.1 Å². The van der Waals surface area contributed by atoms with Crippen molar-refractivity contribution in [2.75, 3.05) is 19.6 Å². The number of hydrogen-bond donors (Lipinski definition) is 2. The van der Waals surface area contributed by atoms with Crippen molar-refractivity contribution in [1.29, 1.82) is 0 Å². The Bertz CT molecular complexity index is 243. The highest BCUT2D eigenvalue weighted by Gasteiger charge is 2.31. The third-order valence-corrected chi connectivity index (χ3v) is 5.03. The molecule has 3 nitrogen and oxygen atoms in total. The van der Waals surface area contributed by atoms with E-state index >= 15 is 0 Å². The van der Waals surface area contributed by atoms with E-state index in [0.29, 0.717) is 12.0 Å². The van der Waals surface area contributed by atoms with Gasteiger partial charge < -0.3 is 15.3 Å². The van der Waals surface area contributed by atoms with Crippen LogP contribution in [0.4, 0.5) is 0 Å². The standard InChI is InChI=1S/C15H30N2O/c1-3-12(4-2)15(18)11-16-13-7-9-17-8-5-6-14(17)10-13/h12-16,18H,3-11H2,1-2H3. The first kappa shape index (κ1) is 14.3. The Hall–Kier alpha value is -0.120. The van der Waals surface area contributed by atoms with Gasteiger partial charge >= 0.3 is 0 Å². The Morgan fingerprint density at radius 3 is 2.72 bits per heavy atom. The van der Waals surface area contributed by atoms with Crippen molar-refractivity contribution in [3.8, 4) is 0 Å². The summed E-state index contributed by atoms with van der Waals surface area (Å²) < 4.78 is 0. The number of aliphatic hydroxyl groups excluding tert-OH is 1. The third-order valence-electron chi connectivity index (χ3n) is 5.03. The molecule has 0 aromatic carbocycles. The fraction of sp³-hybridized carbons (Fsp3) is 1.00. The maximum Gasteiger partial charge on any atom is 0.0692 e. The second-order valence-corrected chi connectivity index (χ2v) is 6.11. The molecule has 2 N–H and O–H groups in total. The maximum atomic E-state index is 10.2. The van der Waals surface area contributed by atoms with Gasteiger partial charge in [0.05, 0.1) is 6.10 Å². The van der Waals surface area contributed by atoms with E-state index in [-0.39, 0.29) is 6.10 Å². The number of fused-ring (bicyclic) bond motifs is 1. The zero-order valence-electron chi connectivity index (χ0n) is 12.1. The zero-order chi connectivity index (χ0) is 13.0. The molecule has 3 unspecified atom stereocenters. The van der Waals surface area contributed by atoms with Crippen molar-refractivity contribution in [3.05, 3.63) is 0 Å². The van der Waals surface area contributed by atoms with E-state index in [0.717, 1.165) is 25.4 Å². The van der Waals surface area contributed by atoms with Gasteiger partial charge in [0, 0.05) is 18.6 Å². The Balaban J connectivity index is 1.70. The molecule has 0 aliphatic carbocycles. The van der Waals surface area contributed by atoms with Crippen LogP contribution < -0.4 is 5.32 Å². The van der Waals surface area contributed by atoms with E-state index in [9.17, 15) is 5.11 Å². The molecule has 2 fully saturated rings. The molecule has 2 saturated heterocycles. The third kappa shape index (κ3) is 3.46. The van der Waals surface area contributed by atoms with Gasteiger partial charge in [-0.2, -0.15) is 0 Å². The topological polar surface area (TPSA) is 35.5 Å². The first-order valence-electron chi connectivity index (χ1n) is 7.90. The second-order valence-electron chi connectivity index (χ2n) is 6.11. The van der Waals surface area contributed by atoms with Crippen LogP contribution in [0, 0.1) is 5.92 Å². The normalized spacial score (nSPS) is 30.7. The number of hydrogen-bond acceptors (Lipinski definition) is 3. The summed E-state index contributed by atoms with van der Waals surface area (Å²) in [6, 6.07) is 1.45. The number of aliphatic hydroxyl groups is 1. The van der Waals surface area contributed by atoms with Crippen LogP contribution in [0.25, 0.3) is 0 Å². The maximum absolute atomic E-state index is 10.2. The van der Waals surface area contributed by atoms with E-state index in [1.165, 1.54) is 38.8 Å².